The minimum atomic E-state index is -1.03. The van der Waals surface area contributed by atoms with Crippen LogP contribution in [0.2, 0.25) is 0 Å². The zero-order chi connectivity index (χ0) is 22.4. The second-order valence-corrected chi connectivity index (χ2v) is 8.57. The lowest BCUT2D eigenvalue weighted by Gasteiger charge is -2.41. The van der Waals surface area contributed by atoms with Crippen molar-refractivity contribution in [1.82, 2.24) is 15.2 Å². The molecule has 0 saturated carbocycles. The molecule has 2 amide bonds. The summed E-state index contributed by atoms with van der Waals surface area (Å²) in [5.74, 6) is 1.11. The van der Waals surface area contributed by atoms with Crippen LogP contribution >= 0.6 is 0 Å². The molecule has 1 unspecified atom stereocenters. The average Bonchev–Trinajstić information content (AvgIpc) is 2.77. The molecular formula is C24H32N4O3. The van der Waals surface area contributed by atoms with E-state index in [2.05, 4.69) is 15.2 Å². The number of ether oxygens (including phenoxy) is 1. The smallest absolute Gasteiger partial charge is 0.258 e. The van der Waals surface area contributed by atoms with Crippen molar-refractivity contribution >= 4 is 17.6 Å². The quantitative estimate of drug-likeness (QED) is 0.740. The Morgan fingerprint density at radius 1 is 1.19 bits per heavy atom. The maximum absolute atomic E-state index is 13.2. The van der Waals surface area contributed by atoms with Crippen molar-refractivity contribution in [2.45, 2.75) is 45.2 Å². The van der Waals surface area contributed by atoms with Crippen LogP contribution in [0.25, 0.3) is 0 Å². The number of aromatic nitrogens is 1. The standard InChI is InChI=1S/C24H32N4O3/c1-18-10-8-14-21(25-18)28-15-9-11-19(16-28)27(4)23(30)24(2,3)26-22(29)17-31-20-12-6-5-7-13-20/h5-8,10,12-14,19H,9,11,15-17H2,1-4H3,(H,26,29). The molecule has 31 heavy (non-hydrogen) atoms. The van der Waals surface area contributed by atoms with E-state index in [0.29, 0.717) is 5.75 Å². The van der Waals surface area contributed by atoms with Crippen molar-refractivity contribution in [2.75, 3.05) is 31.6 Å². The maximum Gasteiger partial charge on any atom is 0.258 e. The molecule has 1 aliphatic rings. The third kappa shape index (κ3) is 5.96. The van der Waals surface area contributed by atoms with Gasteiger partial charge in [0.1, 0.15) is 17.1 Å². The van der Waals surface area contributed by atoms with E-state index in [4.69, 9.17) is 4.74 Å². The summed E-state index contributed by atoms with van der Waals surface area (Å²) in [6, 6.07) is 15.2. The molecule has 1 N–H and O–H groups in total. The Balaban J connectivity index is 1.57. The Bertz CT molecular complexity index is 901. The largest absolute Gasteiger partial charge is 0.484 e. The van der Waals surface area contributed by atoms with Crippen LogP contribution in [-0.4, -0.2) is 60.0 Å². The summed E-state index contributed by atoms with van der Waals surface area (Å²) < 4.78 is 5.49. The van der Waals surface area contributed by atoms with E-state index in [0.717, 1.165) is 37.4 Å². The predicted molar refractivity (Wildman–Crippen MR) is 121 cm³/mol. The van der Waals surface area contributed by atoms with Crippen molar-refractivity contribution in [3.63, 3.8) is 0 Å². The number of piperidine rings is 1. The molecule has 0 spiro atoms. The highest BCUT2D eigenvalue weighted by Gasteiger charge is 2.36. The fourth-order valence-corrected chi connectivity index (χ4v) is 3.89. The summed E-state index contributed by atoms with van der Waals surface area (Å²) in [4.78, 5) is 34.2. The van der Waals surface area contributed by atoms with Gasteiger partial charge in [0.05, 0.1) is 0 Å². The van der Waals surface area contributed by atoms with Gasteiger partial charge in [-0.3, -0.25) is 9.59 Å². The van der Waals surface area contributed by atoms with Crippen LogP contribution in [0.5, 0.6) is 5.75 Å². The van der Waals surface area contributed by atoms with Crippen LogP contribution in [0.4, 0.5) is 5.82 Å². The molecule has 2 aromatic rings. The minimum Gasteiger partial charge on any atom is -0.484 e. The lowest BCUT2D eigenvalue weighted by molar-refractivity contribution is -0.141. The Hall–Kier alpha value is -3.09. The molecule has 0 radical (unpaired) electrons. The van der Waals surface area contributed by atoms with Gasteiger partial charge in [0.25, 0.3) is 5.91 Å². The van der Waals surface area contributed by atoms with Crippen LogP contribution in [0.15, 0.2) is 48.5 Å². The predicted octanol–water partition coefficient (Wildman–Crippen LogP) is 2.79. The van der Waals surface area contributed by atoms with Crippen molar-refractivity contribution < 1.29 is 14.3 Å². The van der Waals surface area contributed by atoms with Gasteiger partial charge in [-0.2, -0.15) is 0 Å². The lowest BCUT2D eigenvalue weighted by Crippen LogP contribution is -2.59. The summed E-state index contributed by atoms with van der Waals surface area (Å²) in [6.45, 7) is 6.95. The number of likely N-dealkylation sites (N-methyl/N-ethyl adjacent to an activating group) is 1. The van der Waals surface area contributed by atoms with Crippen LogP contribution in [0.3, 0.4) is 0 Å². The van der Waals surface area contributed by atoms with Gasteiger partial charge in [-0.1, -0.05) is 24.3 Å². The first-order chi connectivity index (χ1) is 14.8. The number of amides is 2. The maximum atomic E-state index is 13.2. The Kier molecular flexibility index (Phi) is 7.15. The number of carbonyl (C=O) groups is 2. The monoisotopic (exact) mass is 424 g/mol. The topological polar surface area (TPSA) is 74.8 Å². The highest BCUT2D eigenvalue weighted by molar-refractivity contribution is 5.91. The Labute approximate surface area is 184 Å². The van der Waals surface area contributed by atoms with Crippen LogP contribution in [-0.2, 0) is 9.59 Å². The Morgan fingerprint density at radius 2 is 1.94 bits per heavy atom. The molecule has 2 heterocycles. The van der Waals surface area contributed by atoms with Gasteiger partial charge in [0.15, 0.2) is 6.61 Å². The van der Waals surface area contributed by atoms with Crippen molar-refractivity contribution in [1.29, 1.82) is 0 Å². The van der Waals surface area contributed by atoms with E-state index in [1.54, 1.807) is 30.9 Å². The highest BCUT2D eigenvalue weighted by Crippen LogP contribution is 2.22. The number of para-hydroxylation sites is 1. The fourth-order valence-electron chi connectivity index (χ4n) is 3.89. The van der Waals surface area contributed by atoms with Crippen molar-refractivity contribution in [3.8, 4) is 5.75 Å². The molecule has 0 aliphatic carbocycles. The van der Waals surface area contributed by atoms with E-state index >= 15 is 0 Å². The van der Waals surface area contributed by atoms with Crippen LogP contribution in [0, 0.1) is 6.92 Å². The number of aryl methyl sites for hydroxylation is 1. The lowest BCUT2D eigenvalue weighted by atomic mass is 9.99. The summed E-state index contributed by atoms with van der Waals surface area (Å²) in [5, 5.41) is 2.82. The third-order valence-corrected chi connectivity index (χ3v) is 5.56. The van der Waals surface area contributed by atoms with Gasteiger partial charge in [-0.25, -0.2) is 4.98 Å². The first-order valence-corrected chi connectivity index (χ1v) is 10.7. The van der Waals surface area contributed by atoms with Gasteiger partial charge < -0.3 is 19.9 Å². The number of rotatable bonds is 7. The number of benzene rings is 1. The number of hydrogen-bond acceptors (Lipinski definition) is 5. The molecule has 1 saturated heterocycles. The third-order valence-electron chi connectivity index (χ3n) is 5.56. The molecular weight excluding hydrogens is 392 g/mol. The van der Waals surface area contributed by atoms with Crippen molar-refractivity contribution in [2.24, 2.45) is 0 Å². The van der Waals surface area contributed by atoms with Crippen molar-refractivity contribution in [3.05, 3.63) is 54.2 Å². The van der Waals surface area contributed by atoms with Crippen LogP contribution < -0.4 is 15.0 Å². The number of pyridine rings is 1. The Morgan fingerprint density at radius 3 is 2.65 bits per heavy atom. The highest BCUT2D eigenvalue weighted by atomic mass is 16.5. The SMILES string of the molecule is Cc1cccc(N2CCCC(N(C)C(=O)C(C)(C)NC(=O)COc3ccccc3)C2)n1. The number of carbonyl (C=O) groups excluding carboxylic acids is 2. The van der Waals surface area contributed by atoms with E-state index < -0.39 is 5.54 Å². The van der Waals surface area contributed by atoms with Crippen LogP contribution in [0.1, 0.15) is 32.4 Å². The first kappa shape index (κ1) is 22.6. The van der Waals surface area contributed by atoms with Gasteiger partial charge >= 0.3 is 0 Å². The number of nitrogens with zero attached hydrogens (tertiary/aromatic N) is 3. The molecule has 1 aromatic carbocycles. The van der Waals surface area contributed by atoms with E-state index in [1.165, 1.54) is 0 Å². The normalized spacial score (nSPS) is 16.5. The zero-order valence-electron chi connectivity index (χ0n) is 18.8. The number of hydrogen-bond donors (Lipinski definition) is 1. The van der Waals surface area contributed by atoms with E-state index in [1.807, 2.05) is 50.4 Å². The second-order valence-electron chi connectivity index (χ2n) is 8.57. The molecule has 1 fully saturated rings. The molecule has 1 aromatic heterocycles. The van der Waals surface area contributed by atoms with E-state index in [-0.39, 0.29) is 24.5 Å². The summed E-state index contributed by atoms with van der Waals surface area (Å²) in [5.41, 5.74) is -0.0546. The summed E-state index contributed by atoms with van der Waals surface area (Å²) in [6.07, 6.45) is 1.90. The van der Waals surface area contributed by atoms with Gasteiger partial charge in [-0.15, -0.1) is 0 Å². The minimum absolute atomic E-state index is 0.0558. The molecule has 0 bridgehead atoms. The van der Waals surface area contributed by atoms with Gasteiger partial charge in [0, 0.05) is 31.9 Å². The molecule has 166 valence electrons. The average molecular weight is 425 g/mol. The molecule has 1 aliphatic heterocycles. The first-order valence-electron chi connectivity index (χ1n) is 10.7. The molecule has 7 nitrogen and oxygen atoms in total. The summed E-state index contributed by atoms with van der Waals surface area (Å²) in [7, 11) is 1.81. The molecule has 7 heteroatoms. The fraction of sp³-hybridized carbons (Fsp3) is 0.458. The summed E-state index contributed by atoms with van der Waals surface area (Å²) >= 11 is 0. The number of nitrogens with one attached hydrogen (secondary N) is 1. The van der Waals surface area contributed by atoms with Gasteiger partial charge in [-0.05, 0) is 57.9 Å². The zero-order valence-corrected chi connectivity index (χ0v) is 18.8. The molecule has 1 atom stereocenters. The van der Waals surface area contributed by atoms with Gasteiger partial charge in [0.2, 0.25) is 5.91 Å². The second kappa shape index (κ2) is 9.81. The van der Waals surface area contributed by atoms with E-state index in [9.17, 15) is 9.59 Å². The molecule has 3 rings (SSSR count). The number of anilines is 1.